The zero-order chi connectivity index (χ0) is 54.2. The summed E-state index contributed by atoms with van der Waals surface area (Å²) in [6, 6.07) is 103. The Morgan fingerprint density at radius 3 is 1.49 bits per heavy atom. The monoisotopic (exact) mass is 1030 g/mol. The van der Waals surface area contributed by atoms with Crippen LogP contribution in [0.5, 0.6) is 0 Å². The first kappa shape index (κ1) is 47.2. The second kappa shape index (κ2) is 17.6. The van der Waals surface area contributed by atoms with Crippen LogP contribution < -0.4 is 0 Å². The highest BCUT2D eigenvalue weighted by Gasteiger charge is 2.52. The maximum absolute atomic E-state index is 4.20. The molecule has 81 heavy (non-hydrogen) atoms. The lowest BCUT2D eigenvalue weighted by Gasteiger charge is -2.33. The Bertz CT molecular complexity index is 4730. The smallest absolute Gasteiger partial charge is 0.0726 e. The number of fused-ring (bicyclic) bond motifs is 16. The quantitative estimate of drug-likeness (QED) is 0.134. The molecule has 1 heteroatoms. The minimum absolute atomic E-state index is 0.113. The first-order valence-electron chi connectivity index (χ1n) is 28.5. The van der Waals surface area contributed by atoms with E-state index in [0.29, 0.717) is 0 Å². The fourth-order valence-electron chi connectivity index (χ4n) is 14.9. The fourth-order valence-corrected chi connectivity index (χ4v) is 14.9. The normalized spacial score (nSPS) is 15.6. The van der Waals surface area contributed by atoms with Crippen molar-refractivity contribution < 1.29 is 0 Å². The van der Waals surface area contributed by atoms with Gasteiger partial charge in [0.2, 0.25) is 0 Å². The second-order valence-electron chi connectivity index (χ2n) is 23.3. The summed E-state index contributed by atoms with van der Waals surface area (Å²) in [6.07, 6.45) is 1.98. The molecule has 0 aliphatic heterocycles. The van der Waals surface area contributed by atoms with Gasteiger partial charge in [-0.05, 0) is 166 Å². The molecule has 0 bridgehead atoms. The Labute approximate surface area is 474 Å². The second-order valence-corrected chi connectivity index (χ2v) is 23.3. The molecule has 382 valence electrons. The average molecular weight is 1030 g/mol. The standard InChI is InChI=1S/C80H57N/c1-5-51-19-9-10-22-61(51)56-35-43-66-63-24-12-16-28-71(63)80(74(66)48-56)72-29-17-13-25-64(72)67-45-42-60(50-75(67)80)81-76-30-18-14-26-68(76)69-47-55(36-46-77(69)81)54-33-39-58(40-34-54)79(4,57-37-31-53(32-38-57)52-20-7-6-8-21-52)59-41-44-65-62-23-11-15-27-70(62)78(2,3)73(65)49-59/h5-50H,1H2,2-4H3/t79-,80?/m1/s1. The zero-order valence-corrected chi connectivity index (χ0v) is 45.7. The average Bonchev–Trinajstić information content (AvgIpc) is 2.38. The van der Waals surface area contributed by atoms with E-state index in [9.17, 15) is 0 Å². The van der Waals surface area contributed by atoms with Gasteiger partial charge in [-0.15, -0.1) is 0 Å². The van der Waals surface area contributed by atoms with Gasteiger partial charge in [0.15, 0.2) is 0 Å². The summed E-state index contributed by atoms with van der Waals surface area (Å²) >= 11 is 0. The minimum Gasteiger partial charge on any atom is -0.309 e. The molecule has 2 atom stereocenters. The van der Waals surface area contributed by atoms with Gasteiger partial charge in [0.05, 0.1) is 16.4 Å². The van der Waals surface area contributed by atoms with Crippen LogP contribution in [0.25, 0.3) is 100 Å². The Kier molecular flexibility index (Phi) is 10.3. The first-order chi connectivity index (χ1) is 39.7. The topological polar surface area (TPSA) is 4.93 Å². The summed E-state index contributed by atoms with van der Waals surface area (Å²) in [5.41, 5.74) is 30.5. The van der Waals surface area contributed by atoms with E-state index >= 15 is 0 Å². The third-order valence-electron chi connectivity index (χ3n) is 19.0. The molecule has 3 aliphatic carbocycles. The van der Waals surface area contributed by atoms with Crippen molar-refractivity contribution in [1.29, 1.82) is 0 Å². The number of hydrogen-bond donors (Lipinski definition) is 0. The molecule has 0 radical (unpaired) electrons. The number of hydrogen-bond acceptors (Lipinski definition) is 0. The van der Waals surface area contributed by atoms with E-state index in [4.69, 9.17) is 0 Å². The minimum atomic E-state index is -0.518. The van der Waals surface area contributed by atoms with Crippen molar-refractivity contribution in [3.63, 3.8) is 0 Å². The lowest BCUT2D eigenvalue weighted by Crippen LogP contribution is -2.26. The van der Waals surface area contributed by atoms with E-state index in [2.05, 4.69) is 305 Å². The molecule has 3 aliphatic rings. The van der Waals surface area contributed by atoms with E-state index in [-0.39, 0.29) is 5.41 Å². The van der Waals surface area contributed by atoms with Gasteiger partial charge >= 0.3 is 0 Å². The molecule has 0 saturated carbocycles. The van der Waals surface area contributed by atoms with Gasteiger partial charge in [-0.2, -0.15) is 0 Å². The molecule has 1 spiro atoms. The van der Waals surface area contributed by atoms with Crippen molar-refractivity contribution in [3.8, 4) is 72.4 Å². The molecule has 1 unspecified atom stereocenters. The van der Waals surface area contributed by atoms with Crippen molar-refractivity contribution in [2.75, 3.05) is 0 Å². The number of rotatable bonds is 8. The van der Waals surface area contributed by atoms with Gasteiger partial charge in [-0.1, -0.05) is 263 Å². The number of benzene rings is 12. The van der Waals surface area contributed by atoms with Crippen molar-refractivity contribution in [1.82, 2.24) is 4.57 Å². The highest BCUT2D eigenvalue weighted by Crippen LogP contribution is 2.63. The fraction of sp³-hybridized carbons (Fsp3) is 0.0750. The molecule has 0 N–H and O–H groups in total. The summed E-state index contributed by atoms with van der Waals surface area (Å²) in [6.45, 7) is 11.4. The molecule has 16 rings (SSSR count). The van der Waals surface area contributed by atoms with Gasteiger partial charge < -0.3 is 4.57 Å². The van der Waals surface area contributed by atoms with Crippen LogP contribution in [0.15, 0.2) is 280 Å². The van der Waals surface area contributed by atoms with Crippen LogP contribution in [0.1, 0.15) is 76.4 Å². The largest absolute Gasteiger partial charge is 0.309 e. The predicted molar refractivity (Wildman–Crippen MR) is 339 cm³/mol. The van der Waals surface area contributed by atoms with E-state index in [1.165, 1.54) is 139 Å². The Balaban J connectivity index is 0.820. The number of para-hydroxylation sites is 1. The van der Waals surface area contributed by atoms with Gasteiger partial charge in [0, 0.05) is 27.3 Å². The lowest BCUT2D eigenvalue weighted by molar-refractivity contribution is 0.648. The molecule has 0 saturated heterocycles. The first-order valence-corrected chi connectivity index (χ1v) is 28.5. The van der Waals surface area contributed by atoms with Gasteiger partial charge in [-0.3, -0.25) is 0 Å². The van der Waals surface area contributed by atoms with Crippen LogP contribution in [0.4, 0.5) is 0 Å². The molecular formula is C80H57N. The third-order valence-corrected chi connectivity index (χ3v) is 19.0. The highest BCUT2D eigenvalue weighted by atomic mass is 15.0. The van der Waals surface area contributed by atoms with Crippen LogP contribution in [-0.4, -0.2) is 4.57 Å². The molecule has 0 amide bonds. The third kappa shape index (κ3) is 6.67. The van der Waals surface area contributed by atoms with Crippen molar-refractivity contribution in [2.24, 2.45) is 0 Å². The number of aromatic nitrogens is 1. The zero-order valence-electron chi connectivity index (χ0n) is 45.7. The van der Waals surface area contributed by atoms with Crippen molar-refractivity contribution in [3.05, 3.63) is 335 Å². The van der Waals surface area contributed by atoms with E-state index < -0.39 is 10.8 Å². The van der Waals surface area contributed by atoms with Gasteiger partial charge in [0.25, 0.3) is 0 Å². The summed E-state index contributed by atoms with van der Waals surface area (Å²) in [5.74, 6) is 0. The van der Waals surface area contributed by atoms with E-state index in [0.717, 1.165) is 11.3 Å². The summed E-state index contributed by atoms with van der Waals surface area (Å²) in [7, 11) is 0. The Morgan fingerprint density at radius 1 is 0.333 bits per heavy atom. The Morgan fingerprint density at radius 2 is 0.802 bits per heavy atom. The van der Waals surface area contributed by atoms with Crippen LogP contribution in [0.3, 0.4) is 0 Å². The molecular weight excluding hydrogens is 975 g/mol. The van der Waals surface area contributed by atoms with Crippen LogP contribution in [-0.2, 0) is 16.2 Å². The van der Waals surface area contributed by atoms with Crippen molar-refractivity contribution in [2.45, 2.75) is 37.0 Å². The molecule has 1 aromatic heterocycles. The molecule has 13 aromatic rings. The SMILES string of the molecule is C=Cc1ccccc1-c1ccc2c(c1)C1(c3ccccc3-2)c2ccccc2-c2ccc(-n3c4ccccc4c4cc(-c5ccc([C@@](C)(c6ccc(-c7ccccc7)cc6)c6ccc7c(c6)C(C)(C)c6ccccc6-7)cc5)ccc43)cc21. The van der Waals surface area contributed by atoms with E-state index in [1.54, 1.807) is 0 Å². The summed E-state index contributed by atoms with van der Waals surface area (Å²) in [5, 5.41) is 2.47. The maximum Gasteiger partial charge on any atom is 0.0726 e. The Hall–Kier alpha value is -9.82. The van der Waals surface area contributed by atoms with Crippen LogP contribution in [0, 0.1) is 0 Å². The lowest BCUT2D eigenvalue weighted by atomic mass is 9.69. The van der Waals surface area contributed by atoms with Gasteiger partial charge in [-0.25, -0.2) is 0 Å². The summed E-state index contributed by atoms with van der Waals surface area (Å²) < 4.78 is 2.50. The summed E-state index contributed by atoms with van der Waals surface area (Å²) in [4.78, 5) is 0. The predicted octanol–water partition coefficient (Wildman–Crippen LogP) is 20.4. The maximum atomic E-state index is 4.20. The van der Waals surface area contributed by atoms with Crippen LogP contribution >= 0.6 is 0 Å². The van der Waals surface area contributed by atoms with Crippen LogP contribution in [0.2, 0.25) is 0 Å². The molecule has 0 fully saturated rings. The molecule has 1 heterocycles. The molecule has 1 nitrogen and oxygen atoms in total. The van der Waals surface area contributed by atoms with E-state index in [1.807, 2.05) is 6.08 Å². The number of nitrogens with zero attached hydrogens (tertiary/aromatic N) is 1. The van der Waals surface area contributed by atoms with Crippen molar-refractivity contribution >= 4 is 27.9 Å². The highest BCUT2D eigenvalue weighted by molar-refractivity contribution is 6.11. The van der Waals surface area contributed by atoms with Gasteiger partial charge in [0.1, 0.15) is 0 Å². The molecule has 12 aromatic carbocycles.